The summed E-state index contributed by atoms with van der Waals surface area (Å²) in [4.78, 5) is 4.05. The quantitative estimate of drug-likeness (QED) is 0.548. The van der Waals surface area contributed by atoms with Crippen molar-refractivity contribution in [3.05, 3.63) is 30.1 Å². The normalized spacial score (nSPS) is 13.1. The van der Waals surface area contributed by atoms with Gasteiger partial charge in [-0.3, -0.25) is 4.98 Å². The molecule has 0 spiro atoms. The van der Waals surface area contributed by atoms with Gasteiger partial charge < -0.3 is 0 Å². The van der Waals surface area contributed by atoms with Gasteiger partial charge in [-0.15, -0.1) is 11.6 Å². The largest absolute Gasteiger partial charge is 0.260 e. The molecule has 0 radical (unpaired) electrons. The van der Waals surface area contributed by atoms with Crippen LogP contribution in [0, 0.1) is 0 Å². The fourth-order valence-electron chi connectivity index (χ4n) is 0.611. The van der Waals surface area contributed by atoms with Crippen molar-refractivity contribution in [1.82, 2.24) is 4.98 Å². The van der Waals surface area contributed by atoms with Crippen LogP contribution in [0.3, 0.4) is 0 Å². The number of nitrogens with zero attached hydrogens (tertiary/aromatic N) is 1. The lowest BCUT2D eigenvalue weighted by Crippen LogP contribution is -1.86. The van der Waals surface area contributed by atoms with E-state index in [0.717, 1.165) is 5.69 Å². The highest BCUT2D eigenvalue weighted by Crippen LogP contribution is 2.14. The Balaban J connectivity index is 2.85. The van der Waals surface area contributed by atoms with Crippen LogP contribution in [0.5, 0.6) is 0 Å². The Hall–Kier alpha value is -0.560. The lowest BCUT2D eigenvalue weighted by Gasteiger charge is -1.98. The summed E-state index contributed by atoms with van der Waals surface area (Å²) in [6.45, 7) is 1.91. The average molecular weight is 142 g/mol. The van der Waals surface area contributed by atoms with E-state index in [1.54, 1.807) is 6.20 Å². The van der Waals surface area contributed by atoms with Crippen LogP contribution in [0.4, 0.5) is 0 Å². The fraction of sp³-hybridized carbons (Fsp3) is 0.286. The van der Waals surface area contributed by atoms with E-state index >= 15 is 0 Å². The van der Waals surface area contributed by atoms with Crippen LogP contribution in [-0.2, 0) is 0 Å². The molecule has 1 aromatic heterocycles. The molecule has 48 valence electrons. The molecule has 1 heterocycles. The first kappa shape index (κ1) is 6.56. The lowest BCUT2D eigenvalue weighted by atomic mass is 10.3. The summed E-state index contributed by atoms with van der Waals surface area (Å²) < 4.78 is 0. The smallest absolute Gasteiger partial charge is 0.0729 e. The molecule has 0 fully saturated rings. The van der Waals surface area contributed by atoms with Crippen molar-refractivity contribution in [2.75, 3.05) is 0 Å². The molecule has 0 aliphatic rings. The zero-order valence-corrected chi connectivity index (χ0v) is 5.97. The van der Waals surface area contributed by atoms with Crippen LogP contribution in [0.15, 0.2) is 24.4 Å². The van der Waals surface area contributed by atoms with E-state index in [4.69, 9.17) is 11.6 Å². The van der Waals surface area contributed by atoms with Crippen molar-refractivity contribution in [3.63, 3.8) is 0 Å². The molecule has 0 N–H and O–H groups in total. The molecule has 0 aliphatic carbocycles. The zero-order valence-electron chi connectivity index (χ0n) is 5.21. The molecule has 1 rings (SSSR count). The first-order valence-corrected chi connectivity index (χ1v) is 3.29. The minimum Gasteiger partial charge on any atom is -0.260 e. The topological polar surface area (TPSA) is 12.9 Å². The van der Waals surface area contributed by atoms with Gasteiger partial charge in [0, 0.05) is 6.20 Å². The maximum absolute atomic E-state index is 5.74. The minimum absolute atomic E-state index is 0.0196. The van der Waals surface area contributed by atoms with E-state index in [-0.39, 0.29) is 5.38 Å². The highest BCUT2D eigenvalue weighted by atomic mass is 35.5. The average Bonchev–Trinajstić information content (AvgIpc) is 1.90. The molecule has 0 unspecified atom stereocenters. The second kappa shape index (κ2) is 2.83. The van der Waals surface area contributed by atoms with Crippen LogP contribution in [0.1, 0.15) is 18.0 Å². The molecule has 0 saturated carbocycles. The molecule has 0 saturated heterocycles. The van der Waals surface area contributed by atoms with Gasteiger partial charge in [0.2, 0.25) is 0 Å². The van der Waals surface area contributed by atoms with Crippen molar-refractivity contribution in [2.45, 2.75) is 12.3 Å². The third kappa shape index (κ3) is 1.68. The number of halogens is 1. The maximum Gasteiger partial charge on any atom is 0.0729 e. The summed E-state index contributed by atoms with van der Waals surface area (Å²) in [5, 5.41) is 0.0196. The molecule has 1 atom stereocenters. The Bertz CT molecular complexity index is 172. The SMILES string of the molecule is C[C@H](Cl)c1ccccn1. The van der Waals surface area contributed by atoms with Gasteiger partial charge in [0.25, 0.3) is 0 Å². The molecule has 0 aliphatic heterocycles. The Morgan fingerprint density at radius 3 is 2.67 bits per heavy atom. The first-order chi connectivity index (χ1) is 4.30. The fourth-order valence-corrected chi connectivity index (χ4v) is 0.740. The zero-order chi connectivity index (χ0) is 6.69. The van der Waals surface area contributed by atoms with Crippen LogP contribution < -0.4 is 0 Å². The third-order valence-corrected chi connectivity index (χ3v) is 1.32. The van der Waals surface area contributed by atoms with Crippen LogP contribution in [-0.4, -0.2) is 4.98 Å². The van der Waals surface area contributed by atoms with Crippen molar-refractivity contribution in [3.8, 4) is 0 Å². The molecule has 9 heavy (non-hydrogen) atoms. The maximum atomic E-state index is 5.74. The Kier molecular flexibility index (Phi) is 2.06. The first-order valence-electron chi connectivity index (χ1n) is 2.85. The van der Waals surface area contributed by atoms with Crippen molar-refractivity contribution in [1.29, 1.82) is 0 Å². The molecule has 0 aromatic carbocycles. The van der Waals surface area contributed by atoms with Crippen LogP contribution >= 0.6 is 11.6 Å². The van der Waals surface area contributed by atoms with E-state index < -0.39 is 0 Å². The summed E-state index contributed by atoms with van der Waals surface area (Å²) in [6, 6.07) is 5.72. The highest BCUT2D eigenvalue weighted by molar-refractivity contribution is 6.20. The van der Waals surface area contributed by atoms with E-state index in [9.17, 15) is 0 Å². The lowest BCUT2D eigenvalue weighted by molar-refractivity contribution is 0.996. The Labute approximate surface area is 59.7 Å². The molecule has 2 heteroatoms. The number of aromatic nitrogens is 1. The minimum atomic E-state index is 0.0196. The van der Waals surface area contributed by atoms with E-state index in [1.165, 1.54) is 0 Å². The summed E-state index contributed by atoms with van der Waals surface area (Å²) in [5.74, 6) is 0. The van der Waals surface area contributed by atoms with Gasteiger partial charge in [-0.2, -0.15) is 0 Å². The third-order valence-electron chi connectivity index (χ3n) is 1.10. The molecule has 1 aromatic rings. The molecule has 1 nitrogen and oxygen atoms in total. The van der Waals surface area contributed by atoms with E-state index in [1.807, 2.05) is 25.1 Å². The van der Waals surface area contributed by atoms with Crippen LogP contribution in [0.25, 0.3) is 0 Å². The summed E-state index contributed by atoms with van der Waals surface area (Å²) in [7, 11) is 0. The predicted molar refractivity (Wildman–Crippen MR) is 38.5 cm³/mol. The summed E-state index contributed by atoms with van der Waals surface area (Å²) in [6.07, 6.45) is 1.74. The number of alkyl halides is 1. The second-order valence-electron chi connectivity index (χ2n) is 1.87. The Morgan fingerprint density at radius 1 is 1.56 bits per heavy atom. The van der Waals surface area contributed by atoms with E-state index in [2.05, 4.69) is 4.98 Å². The van der Waals surface area contributed by atoms with E-state index in [0.29, 0.717) is 0 Å². The number of rotatable bonds is 1. The van der Waals surface area contributed by atoms with Crippen molar-refractivity contribution in [2.24, 2.45) is 0 Å². The summed E-state index contributed by atoms with van der Waals surface area (Å²) in [5.41, 5.74) is 0.930. The molecular formula is C7H8ClN. The van der Waals surface area contributed by atoms with Crippen molar-refractivity contribution >= 4 is 11.6 Å². The van der Waals surface area contributed by atoms with Gasteiger partial charge in [-0.25, -0.2) is 0 Å². The van der Waals surface area contributed by atoms with Gasteiger partial charge in [-0.05, 0) is 19.1 Å². The molecular weight excluding hydrogens is 134 g/mol. The van der Waals surface area contributed by atoms with Crippen LogP contribution in [0.2, 0.25) is 0 Å². The number of hydrogen-bond acceptors (Lipinski definition) is 1. The number of pyridine rings is 1. The van der Waals surface area contributed by atoms with Gasteiger partial charge in [-0.1, -0.05) is 6.07 Å². The highest BCUT2D eigenvalue weighted by Gasteiger charge is 1.97. The Morgan fingerprint density at radius 2 is 2.33 bits per heavy atom. The summed E-state index contributed by atoms with van der Waals surface area (Å²) >= 11 is 5.74. The monoisotopic (exact) mass is 141 g/mol. The van der Waals surface area contributed by atoms with Gasteiger partial charge in [0.1, 0.15) is 0 Å². The van der Waals surface area contributed by atoms with Gasteiger partial charge in [0.15, 0.2) is 0 Å². The van der Waals surface area contributed by atoms with Gasteiger partial charge >= 0.3 is 0 Å². The molecule has 0 amide bonds. The van der Waals surface area contributed by atoms with Gasteiger partial charge in [0.05, 0.1) is 11.1 Å². The second-order valence-corrected chi connectivity index (χ2v) is 2.53. The number of hydrogen-bond donors (Lipinski definition) is 0. The standard InChI is InChI=1S/C7H8ClN/c1-6(8)7-4-2-3-5-9-7/h2-6H,1H3/t6-/m0/s1. The van der Waals surface area contributed by atoms with Crippen molar-refractivity contribution < 1.29 is 0 Å². The predicted octanol–water partition coefficient (Wildman–Crippen LogP) is 2.38. The molecule has 0 bridgehead atoms.